The number of hydrogen-bond donors (Lipinski definition) is 1. The molecule has 0 atom stereocenters. The largest absolute Gasteiger partial charge is 0.485 e. The van der Waals surface area contributed by atoms with Crippen molar-refractivity contribution < 1.29 is 13.9 Å². The minimum Gasteiger partial charge on any atom is -0.485 e. The van der Waals surface area contributed by atoms with Crippen molar-refractivity contribution in [1.29, 1.82) is 0 Å². The highest BCUT2D eigenvalue weighted by atomic mass is 79.9. The number of nitrogens with one attached hydrogen (secondary N) is 1. The zero-order valence-corrected chi connectivity index (χ0v) is 16.0. The number of rotatable bonds is 8. The Kier molecular flexibility index (Phi) is 6.12. The molecule has 0 saturated carbocycles. The maximum absolute atomic E-state index is 12.1. The zero-order chi connectivity index (χ0) is 18.4. The van der Waals surface area contributed by atoms with Crippen LogP contribution >= 0.6 is 15.9 Å². The molecule has 0 unspecified atom stereocenters. The number of amides is 1. The van der Waals surface area contributed by atoms with E-state index in [0.29, 0.717) is 12.3 Å². The van der Waals surface area contributed by atoms with E-state index in [2.05, 4.69) is 26.3 Å². The van der Waals surface area contributed by atoms with E-state index in [1.807, 2.05) is 42.1 Å². The van der Waals surface area contributed by atoms with Gasteiger partial charge in [-0.1, -0.05) is 18.2 Å². The van der Waals surface area contributed by atoms with Crippen LogP contribution in [0.5, 0.6) is 5.75 Å². The molecule has 136 valence electrons. The summed E-state index contributed by atoms with van der Waals surface area (Å²) in [6.45, 7) is 3.55. The molecule has 0 aliphatic carbocycles. The van der Waals surface area contributed by atoms with Gasteiger partial charge in [0.25, 0.3) is 5.91 Å². The van der Waals surface area contributed by atoms with E-state index >= 15 is 0 Å². The molecular weight excluding hydrogens is 398 g/mol. The Morgan fingerprint density at radius 1 is 1.31 bits per heavy atom. The normalized spacial score (nSPS) is 10.7. The summed E-state index contributed by atoms with van der Waals surface area (Å²) in [4.78, 5) is 12.1. The van der Waals surface area contributed by atoms with E-state index in [1.54, 1.807) is 18.3 Å². The van der Waals surface area contributed by atoms with Crippen LogP contribution < -0.4 is 10.1 Å². The third-order valence-electron chi connectivity index (χ3n) is 3.80. The number of nitrogens with zero attached hydrogens (tertiary/aromatic N) is 2. The number of benzene rings is 1. The van der Waals surface area contributed by atoms with Gasteiger partial charge in [-0.15, -0.1) is 0 Å². The average molecular weight is 418 g/mol. The first-order valence-electron chi connectivity index (χ1n) is 8.35. The number of carbonyl (C=O) groups is 1. The Hall–Kier alpha value is -2.54. The van der Waals surface area contributed by atoms with Gasteiger partial charge in [-0.05, 0) is 53.0 Å². The molecule has 26 heavy (non-hydrogen) atoms. The molecule has 0 aliphatic rings. The molecule has 3 aromatic rings. The lowest BCUT2D eigenvalue weighted by molar-refractivity contribution is 0.0920. The van der Waals surface area contributed by atoms with Crippen molar-refractivity contribution in [1.82, 2.24) is 15.1 Å². The predicted molar refractivity (Wildman–Crippen MR) is 101 cm³/mol. The summed E-state index contributed by atoms with van der Waals surface area (Å²) in [7, 11) is 0. The van der Waals surface area contributed by atoms with Crippen molar-refractivity contribution in [3.8, 4) is 5.75 Å². The Balaban J connectivity index is 1.43. The van der Waals surface area contributed by atoms with Crippen molar-refractivity contribution in [2.45, 2.75) is 26.5 Å². The van der Waals surface area contributed by atoms with Crippen molar-refractivity contribution >= 4 is 21.8 Å². The Labute approximate surface area is 160 Å². The fraction of sp³-hybridized carbons (Fsp3) is 0.263. The molecule has 0 aliphatic heterocycles. The van der Waals surface area contributed by atoms with Gasteiger partial charge in [0.05, 0.1) is 10.7 Å². The summed E-state index contributed by atoms with van der Waals surface area (Å²) in [6.07, 6.45) is 4.42. The second-order valence-electron chi connectivity index (χ2n) is 5.85. The fourth-order valence-corrected chi connectivity index (χ4v) is 2.76. The van der Waals surface area contributed by atoms with E-state index in [-0.39, 0.29) is 18.3 Å². The number of para-hydroxylation sites is 1. The molecule has 1 aromatic carbocycles. The third kappa shape index (κ3) is 4.98. The van der Waals surface area contributed by atoms with Gasteiger partial charge in [-0.25, -0.2) is 0 Å². The fourth-order valence-electron chi connectivity index (χ4n) is 2.44. The van der Waals surface area contributed by atoms with Gasteiger partial charge in [0.1, 0.15) is 18.1 Å². The smallest absolute Gasteiger partial charge is 0.286 e. The van der Waals surface area contributed by atoms with Gasteiger partial charge in [-0.2, -0.15) is 5.10 Å². The van der Waals surface area contributed by atoms with Gasteiger partial charge in [0.2, 0.25) is 0 Å². The zero-order valence-electron chi connectivity index (χ0n) is 14.4. The van der Waals surface area contributed by atoms with Crippen molar-refractivity contribution in [2.24, 2.45) is 0 Å². The Bertz CT molecular complexity index is 872. The Morgan fingerprint density at radius 2 is 2.15 bits per heavy atom. The Morgan fingerprint density at radius 3 is 2.92 bits per heavy atom. The van der Waals surface area contributed by atoms with Crippen LogP contribution in [0.15, 0.2) is 57.7 Å². The third-order valence-corrected chi connectivity index (χ3v) is 4.21. The molecule has 0 spiro atoms. The average Bonchev–Trinajstić information content (AvgIpc) is 3.27. The number of carbonyl (C=O) groups excluding carboxylic acids is 1. The second-order valence-corrected chi connectivity index (χ2v) is 6.77. The van der Waals surface area contributed by atoms with Gasteiger partial charge >= 0.3 is 0 Å². The molecule has 3 rings (SSSR count). The first kappa shape index (κ1) is 18.3. The van der Waals surface area contributed by atoms with E-state index in [9.17, 15) is 4.79 Å². The summed E-state index contributed by atoms with van der Waals surface area (Å²) in [5.41, 5.74) is 1.06. The minimum absolute atomic E-state index is 0.228. The highest BCUT2D eigenvalue weighted by Gasteiger charge is 2.11. The maximum Gasteiger partial charge on any atom is 0.286 e. The van der Waals surface area contributed by atoms with E-state index in [1.165, 1.54) is 0 Å². The van der Waals surface area contributed by atoms with E-state index in [0.717, 1.165) is 28.8 Å². The molecular formula is C19H20BrN3O3. The molecule has 0 bridgehead atoms. The quantitative estimate of drug-likeness (QED) is 0.563. The first-order valence-corrected chi connectivity index (χ1v) is 9.14. The van der Waals surface area contributed by atoms with Crippen LogP contribution in [-0.2, 0) is 13.2 Å². The SMILES string of the molecule is Cc1ccccc1OCc1ccc(C(=O)NCCCn2cc(Br)cn2)o1. The number of ether oxygens (including phenoxy) is 1. The predicted octanol–water partition coefficient (Wildman–Crippen LogP) is 3.95. The number of halogens is 1. The minimum atomic E-state index is -0.228. The highest BCUT2D eigenvalue weighted by Crippen LogP contribution is 2.18. The summed E-state index contributed by atoms with van der Waals surface area (Å²) in [6, 6.07) is 11.2. The van der Waals surface area contributed by atoms with Crippen LogP contribution in [0.2, 0.25) is 0 Å². The van der Waals surface area contributed by atoms with Crippen molar-refractivity contribution in [2.75, 3.05) is 6.54 Å². The topological polar surface area (TPSA) is 69.3 Å². The van der Waals surface area contributed by atoms with Crippen LogP contribution in [0.25, 0.3) is 0 Å². The summed E-state index contributed by atoms with van der Waals surface area (Å²) in [5.74, 6) is 1.48. The molecule has 2 aromatic heterocycles. The monoisotopic (exact) mass is 417 g/mol. The molecule has 0 radical (unpaired) electrons. The standard InChI is InChI=1S/C19H20BrN3O3/c1-14-5-2-3-6-17(14)25-13-16-7-8-18(26-16)19(24)21-9-4-10-23-12-15(20)11-22-23/h2-3,5-8,11-12H,4,9-10,13H2,1H3,(H,21,24). The van der Waals surface area contributed by atoms with E-state index in [4.69, 9.17) is 9.15 Å². The summed E-state index contributed by atoms with van der Waals surface area (Å²) < 4.78 is 14.1. The number of aromatic nitrogens is 2. The molecule has 1 N–H and O–H groups in total. The highest BCUT2D eigenvalue weighted by molar-refractivity contribution is 9.10. The molecule has 0 fully saturated rings. The lowest BCUT2D eigenvalue weighted by atomic mass is 10.2. The van der Waals surface area contributed by atoms with Gasteiger partial charge in [-0.3, -0.25) is 9.48 Å². The van der Waals surface area contributed by atoms with Crippen LogP contribution in [0, 0.1) is 6.92 Å². The van der Waals surface area contributed by atoms with Crippen LogP contribution in [0.3, 0.4) is 0 Å². The van der Waals surface area contributed by atoms with Crippen LogP contribution in [0.4, 0.5) is 0 Å². The number of hydrogen-bond acceptors (Lipinski definition) is 4. The number of furan rings is 1. The van der Waals surface area contributed by atoms with Crippen molar-refractivity contribution in [3.63, 3.8) is 0 Å². The second kappa shape index (κ2) is 8.71. The van der Waals surface area contributed by atoms with Gasteiger partial charge in [0, 0.05) is 19.3 Å². The summed E-state index contributed by atoms with van der Waals surface area (Å²) >= 11 is 3.35. The van der Waals surface area contributed by atoms with Crippen LogP contribution in [0.1, 0.15) is 28.3 Å². The lowest BCUT2D eigenvalue weighted by Gasteiger charge is -2.07. The maximum atomic E-state index is 12.1. The van der Waals surface area contributed by atoms with Gasteiger partial charge in [0.15, 0.2) is 5.76 Å². The lowest BCUT2D eigenvalue weighted by Crippen LogP contribution is -2.24. The molecule has 7 heteroatoms. The molecule has 0 saturated heterocycles. The molecule has 6 nitrogen and oxygen atoms in total. The van der Waals surface area contributed by atoms with E-state index < -0.39 is 0 Å². The molecule has 1 amide bonds. The molecule has 2 heterocycles. The first-order chi connectivity index (χ1) is 12.6. The van der Waals surface area contributed by atoms with Crippen molar-refractivity contribution in [3.05, 3.63) is 70.3 Å². The summed E-state index contributed by atoms with van der Waals surface area (Å²) in [5, 5.41) is 7.02. The number of aryl methyl sites for hydroxylation is 2. The van der Waals surface area contributed by atoms with Crippen LogP contribution in [-0.4, -0.2) is 22.2 Å². The van der Waals surface area contributed by atoms with Gasteiger partial charge < -0.3 is 14.5 Å².